The number of pyridine rings is 1. The fraction of sp³-hybridized carbons (Fsp3) is 0.444. The molecule has 0 aliphatic carbocycles. The van der Waals surface area contributed by atoms with Gasteiger partial charge in [-0.3, -0.25) is 0 Å². The van der Waals surface area contributed by atoms with Crippen molar-refractivity contribution in [1.29, 1.82) is 0 Å². The molecule has 0 bridgehead atoms. The number of hydrogen-bond acceptors (Lipinski definition) is 3. The molecular weight excluding hydrogens is 230 g/mol. The fourth-order valence-electron chi connectivity index (χ4n) is 1.31. The number of hydrogen-bond donors (Lipinski definition) is 1. The molecule has 70 valence electrons. The Balaban J connectivity index is 2.42. The first-order valence-electron chi connectivity index (χ1n) is 5.70. The molecule has 1 aliphatic rings. The van der Waals surface area contributed by atoms with E-state index < -0.39 is 0 Å². The van der Waals surface area contributed by atoms with Crippen LogP contribution in [0.3, 0.4) is 0 Å². The zero-order chi connectivity index (χ0) is 11.7. The summed E-state index contributed by atoms with van der Waals surface area (Å²) >= 11 is 3.09. The van der Waals surface area contributed by atoms with Gasteiger partial charge in [-0.05, 0) is 28.0 Å². The van der Waals surface area contributed by atoms with Crippen LogP contribution >= 0.6 is 15.9 Å². The standard InChI is InChI=1S/C9H12BrN3/c10-9-2-1-8(7-12-9)13-5-3-11-4-6-13/h1-2,7,11H,3-6H2/i1D,2D,7D. The molecule has 1 saturated heterocycles. The van der Waals surface area contributed by atoms with E-state index in [0.29, 0.717) is 5.69 Å². The summed E-state index contributed by atoms with van der Waals surface area (Å²) in [7, 11) is 0. The third kappa shape index (κ3) is 2.19. The van der Waals surface area contributed by atoms with Gasteiger partial charge in [0.1, 0.15) is 4.60 Å². The lowest BCUT2D eigenvalue weighted by Gasteiger charge is -2.29. The monoisotopic (exact) mass is 244 g/mol. The molecular formula is C9H12BrN3. The lowest BCUT2D eigenvalue weighted by atomic mass is 10.3. The summed E-state index contributed by atoms with van der Waals surface area (Å²) in [5.74, 6) is 0. The van der Waals surface area contributed by atoms with Gasteiger partial charge in [-0.15, -0.1) is 0 Å². The van der Waals surface area contributed by atoms with Crippen LogP contribution in [0.2, 0.25) is 0 Å². The summed E-state index contributed by atoms with van der Waals surface area (Å²) in [5, 5.41) is 3.21. The van der Waals surface area contributed by atoms with Crippen LogP contribution in [0.4, 0.5) is 5.69 Å². The highest BCUT2D eigenvalue weighted by Gasteiger charge is 2.09. The molecule has 1 aromatic rings. The van der Waals surface area contributed by atoms with Crippen molar-refractivity contribution in [1.82, 2.24) is 10.3 Å². The van der Waals surface area contributed by atoms with E-state index in [4.69, 9.17) is 4.11 Å². The van der Waals surface area contributed by atoms with E-state index in [1.54, 1.807) is 0 Å². The van der Waals surface area contributed by atoms with Gasteiger partial charge in [0.05, 0.1) is 16.0 Å². The van der Waals surface area contributed by atoms with Crippen molar-refractivity contribution in [2.45, 2.75) is 0 Å². The first-order valence-corrected chi connectivity index (χ1v) is 4.99. The van der Waals surface area contributed by atoms with Crippen molar-refractivity contribution in [2.24, 2.45) is 0 Å². The Morgan fingerprint density at radius 3 is 3.00 bits per heavy atom. The van der Waals surface area contributed by atoms with Crippen LogP contribution in [0.5, 0.6) is 0 Å². The van der Waals surface area contributed by atoms with E-state index in [-0.39, 0.29) is 22.9 Å². The van der Waals surface area contributed by atoms with Crippen molar-refractivity contribution >= 4 is 21.6 Å². The Hall–Kier alpha value is -0.610. The molecule has 3 nitrogen and oxygen atoms in total. The van der Waals surface area contributed by atoms with Gasteiger partial charge in [-0.25, -0.2) is 4.98 Å². The van der Waals surface area contributed by atoms with Crippen molar-refractivity contribution in [2.75, 3.05) is 31.1 Å². The van der Waals surface area contributed by atoms with Gasteiger partial charge in [-0.1, -0.05) is 0 Å². The number of anilines is 1. The van der Waals surface area contributed by atoms with Crippen molar-refractivity contribution in [3.05, 3.63) is 22.9 Å². The summed E-state index contributed by atoms with van der Waals surface area (Å²) in [6, 6.07) is 0.123. The van der Waals surface area contributed by atoms with Crippen molar-refractivity contribution in [3.63, 3.8) is 0 Å². The van der Waals surface area contributed by atoms with Crippen LogP contribution in [0, 0.1) is 0 Å². The van der Waals surface area contributed by atoms with Crippen LogP contribution in [-0.2, 0) is 0 Å². The summed E-state index contributed by atoms with van der Waals surface area (Å²) in [5.41, 5.74) is 0.467. The number of rotatable bonds is 1. The summed E-state index contributed by atoms with van der Waals surface area (Å²) in [4.78, 5) is 5.87. The summed E-state index contributed by atoms with van der Waals surface area (Å²) < 4.78 is 23.6. The molecule has 1 aromatic heterocycles. The Bertz CT molecular complexity index is 407. The average molecular weight is 245 g/mol. The number of nitrogens with zero attached hydrogens (tertiary/aromatic N) is 2. The van der Waals surface area contributed by atoms with Gasteiger partial charge in [0.15, 0.2) is 0 Å². The Kier molecular flexibility index (Phi) is 1.87. The van der Waals surface area contributed by atoms with E-state index >= 15 is 0 Å². The minimum atomic E-state index is 0.0459. The molecule has 0 saturated carbocycles. The zero-order valence-corrected chi connectivity index (χ0v) is 8.69. The maximum atomic E-state index is 7.87. The lowest BCUT2D eigenvalue weighted by Crippen LogP contribution is -2.43. The van der Waals surface area contributed by atoms with Gasteiger partial charge in [-0.2, -0.15) is 0 Å². The molecule has 1 N–H and O–H groups in total. The Morgan fingerprint density at radius 2 is 2.23 bits per heavy atom. The van der Waals surface area contributed by atoms with Gasteiger partial charge < -0.3 is 10.2 Å². The van der Waals surface area contributed by atoms with Crippen LogP contribution < -0.4 is 10.2 Å². The highest BCUT2D eigenvalue weighted by molar-refractivity contribution is 9.10. The molecule has 0 radical (unpaired) electrons. The number of nitrogens with one attached hydrogen (secondary N) is 1. The predicted octanol–water partition coefficient (Wildman–Crippen LogP) is 1.25. The molecule has 0 spiro atoms. The maximum absolute atomic E-state index is 7.87. The first-order chi connectivity index (χ1) is 7.61. The second-order valence-corrected chi connectivity index (χ2v) is 3.60. The van der Waals surface area contributed by atoms with Gasteiger partial charge in [0, 0.05) is 26.2 Å². The number of piperazine rings is 1. The summed E-state index contributed by atoms with van der Waals surface area (Å²) in [6.07, 6.45) is 0.0646. The smallest absolute Gasteiger partial charge is 0.106 e. The predicted molar refractivity (Wildman–Crippen MR) is 57.0 cm³/mol. The van der Waals surface area contributed by atoms with Crippen LogP contribution in [0.15, 0.2) is 22.9 Å². The zero-order valence-electron chi connectivity index (χ0n) is 10.1. The minimum Gasteiger partial charge on any atom is -0.368 e. The molecule has 0 unspecified atom stereocenters. The van der Waals surface area contributed by atoms with Crippen LogP contribution in [-0.4, -0.2) is 31.2 Å². The van der Waals surface area contributed by atoms with E-state index in [0.717, 1.165) is 26.2 Å². The average Bonchev–Trinajstić information content (AvgIpc) is 2.28. The highest BCUT2D eigenvalue weighted by Crippen LogP contribution is 2.15. The molecule has 0 atom stereocenters. The van der Waals surface area contributed by atoms with Gasteiger partial charge in [0.2, 0.25) is 0 Å². The third-order valence-electron chi connectivity index (χ3n) is 1.98. The van der Waals surface area contributed by atoms with Crippen LogP contribution in [0.1, 0.15) is 4.11 Å². The number of halogens is 1. The largest absolute Gasteiger partial charge is 0.368 e. The van der Waals surface area contributed by atoms with E-state index in [1.165, 1.54) is 0 Å². The molecule has 13 heavy (non-hydrogen) atoms. The van der Waals surface area contributed by atoms with E-state index in [2.05, 4.69) is 26.2 Å². The normalized spacial score (nSPS) is 20.7. The third-order valence-corrected chi connectivity index (χ3v) is 2.35. The van der Waals surface area contributed by atoms with Gasteiger partial charge in [0.25, 0.3) is 0 Å². The van der Waals surface area contributed by atoms with Crippen LogP contribution in [0.25, 0.3) is 0 Å². The lowest BCUT2D eigenvalue weighted by molar-refractivity contribution is 0.588. The fourth-order valence-corrected chi connectivity index (χ4v) is 1.49. The molecule has 1 fully saturated rings. The Labute approximate surface area is 90.5 Å². The summed E-state index contributed by atoms with van der Waals surface area (Å²) in [6.45, 7) is 3.17. The van der Waals surface area contributed by atoms with Gasteiger partial charge >= 0.3 is 0 Å². The molecule has 2 heterocycles. The van der Waals surface area contributed by atoms with E-state index in [1.807, 2.05) is 4.90 Å². The quantitative estimate of drug-likeness (QED) is 0.755. The maximum Gasteiger partial charge on any atom is 0.106 e. The second-order valence-electron chi connectivity index (χ2n) is 2.85. The van der Waals surface area contributed by atoms with Crippen molar-refractivity contribution in [3.8, 4) is 0 Å². The Morgan fingerprint density at radius 1 is 1.46 bits per heavy atom. The minimum absolute atomic E-state index is 0.0459. The topological polar surface area (TPSA) is 28.2 Å². The SMILES string of the molecule is [2H]c1nc(Br)c([2H])c([2H])c1N1CCNCC1. The molecule has 1 aliphatic heterocycles. The second kappa shape index (κ2) is 4.07. The molecule has 0 amide bonds. The van der Waals surface area contributed by atoms with E-state index in [9.17, 15) is 0 Å². The van der Waals surface area contributed by atoms with Crippen molar-refractivity contribution < 1.29 is 4.11 Å². The molecule has 2 rings (SSSR count). The number of aromatic nitrogens is 1. The molecule has 0 aromatic carbocycles. The molecule has 4 heteroatoms. The first kappa shape index (κ1) is 5.98. The highest BCUT2D eigenvalue weighted by atomic mass is 79.9.